The third-order valence-electron chi connectivity index (χ3n) is 5.86. The summed E-state index contributed by atoms with van der Waals surface area (Å²) < 4.78 is 6.92. The summed E-state index contributed by atoms with van der Waals surface area (Å²) in [5, 5.41) is 14.0. The lowest BCUT2D eigenvalue weighted by atomic mass is 10.1. The zero-order valence-electron chi connectivity index (χ0n) is 19.4. The van der Waals surface area contributed by atoms with Gasteiger partial charge in [-0.25, -0.2) is 0 Å². The molecule has 2 aromatic carbocycles. The predicted octanol–water partition coefficient (Wildman–Crippen LogP) is 4.90. The van der Waals surface area contributed by atoms with Gasteiger partial charge < -0.3 is 9.42 Å². The van der Waals surface area contributed by atoms with Gasteiger partial charge in [0.15, 0.2) is 0 Å². The summed E-state index contributed by atoms with van der Waals surface area (Å²) in [7, 11) is 0. The maximum absolute atomic E-state index is 13.6. The number of aryl methyl sites for hydroxylation is 1. The summed E-state index contributed by atoms with van der Waals surface area (Å²) in [6.45, 7) is 4.04. The second kappa shape index (κ2) is 10.5. The SMILES string of the molecule is CCC(c1nc2onc(C)c2c(=O)n1Cc1ccccc1)N(CCC#N)C(=O)c1ccc(Cl)cc1. The monoisotopic (exact) mass is 489 g/mol. The smallest absolute Gasteiger partial charge is 0.267 e. The van der Waals surface area contributed by atoms with Crippen molar-refractivity contribution in [2.24, 2.45) is 0 Å². The fraction of sp³-hybridized carbons (Fsp3) is 0.269. The minimum Gasteiger partial charge on any atom is -0.335 e. The highest BCUT2D eigenvalue weighted by molar-refractivity contribution is 6.30. The van der Waals surface area contributed by atoms with Crippen molar-refractivity contribution in [3.8, 4) is 6.07 Å². The number of nitriles is 1. The predicted molar refractivity (Wildman–Crippen MR) is 132 cm³/mol. The van der Waals surface area contributed by atoms with E-state index >= 15 is 0 Å². The van der Waals surface area contributed by atoms with Crippen molar-refractivity contribution in [3.05, 3.63) is 92.6 Å². The number of fused-ring (bicyclic) bond motifs is 1. The lowest BCUT2D eigenvalue weighted by molar-refractivity contribution is 0.0662. The molecule has 9 heteroatoms. The summed E-state index contributed by atoms with van der Waals surface area (Å²) >= 11 is 6.01. The first kappa shape index (κ1) is 24.2. The number of hydrogen-bond donors (Lipinski definition) is 0. The lowest BCUT2D eigenvalue weighted by Gasteiger charge is -2.31. The number of amides is 1. The summed E-state index contributed by atoms with van der Waals surface area (Å²) in [6, 6.07) is 17.7. The van der Waals surface area contributed by atoms with Crippen molar-refractivity contribution in [1.82, 2.24) is 19.6 Å². The minimum absolute atomic E-state index is 0.127. The topological polar surface area (TPSA) is 105 Å². The van der Waals surface area contributed by atoms with E-state index in [0.29, 0.717) is 33.9 Å². The van der Waals surface area contributed by atoms with Crippen LogP contribution >= 0.6 is 11.6 Å². The van der Waals surface area contributed by atoms with E-state index in [-0.39, 0.29) is 36.7 Å². The van der Waals surface area contributed by atoms with Crippen LogP contribution in [0.15, 0.2) is 63.9 Å². The van der Waals surface area contributed by atoms with Gasteiger partial charge in [-0.15, -0.1) is 0 Å². The lowest BCUT2D eigenvalue weighted by Crippen LogP contribution is -2.39. The highest BCUT2D eigenvalue weighted by atomic mass is 35.5. The van der Waals surface area contributed by atoms with E-state index in [2.05, 4.69) is 16.2 Å². The van der Waals surface area contributed by atoms with Crippen molar-refractivity contribution in [1.29, 1.82) is 5.26 Å². The molecule has 0 aliphatic heterocycles. The molecule has 0 fully saturated rings. The van der Waals surface area contributed by atoms with Gasteiger partial charge in [0.1, 0.15) is 11.2 Å². The summed E-state index contributed by atoms with van der Waals surface area (Å²) in [6.07, 6.45) is 0.590. The largest absolute Gasteiger partial charge is 0.335 e. The zero-order valence-corrected chi connectivity index (χ0v) is 20.2. The van der Waals surface area contributed by atoms with E-state index in [1.807, 2.05) is 37.3 Å². The average Bonchev–Trinajstić information content (AvgIpc) is 3.25. The number of halogens is 1. The molecule has 2 aromatic heterocycles. The van der Waals surface area contributed by atoms with E-state index in [9.17, 15) is 14.9 Å². The molecule has 0 aliphatic rings. The van der Waals surface area contributed by atoms with E-state index < -0.39 is 6.04 Å². The molecule has 0 aliphatic carbocycles. The van der Waals surface area contributed by atoms with Crippen LogP contribution in [0.2, 0.25) is 5.02 Å². The molecule has 1 unspecified atom stereocenters. The van der Waals surface area contributed by atoms with Crippen LogP contribution in [0.1, 0.15) is 53.2 Å². The van der Waals surface area contributed by atoms with Crippen LogP contribution in [0.25, 0.3) is 11.1 Å². The van der Waals surface area contributed by atoms with Crippen molar-refractivity contribution in [2.75, 3.05) is 6.54 Å². The molecule has 0 saturated carbocycles. The Balaban J connectivity index is 1.87. The fourth-order valence-electron chi connectivity index (χ4n) is 4.13. The third kappa shape index (κ3) is 4.96. The molecule has 2 heterocycles. The molecule has 0 radical (unpaired) electrons. The van der Waals surface area contributed by atoms with Crippen LogP contribution in [-0.2, 0) is 6.54 Å². The first-order valence-corrected chi connectivity index (χ1v) is 11.7. The normalized spacial score (nSPS) is 11.8. The van der Waals surface area contributed by atoms with Crippen LogP contribution in [0.3, 0.4) is 0 Å². The van der Waals surface area contributed by atoms with Gasteiger partial charge in [-0.1, -0.05) is 54.0 Å². The Hall–Kier alpha value is -3.96. The molecule has 0 bridgehead atoms. The molecule has 0 spiro atoms. The van der Waals surface area contributed by atoms with Crippen LogP contribution in [0.4, 0.5) is 0 Å². The van der Waals surface area contributed by atoms with E-state index in [4.69, 9.17) is 16.1 Å². The molecule has 4 aromatic rings. The van der Waals surface area contributed by atoms with E-state index in [0.717, 1.165) is 5.56 Å². The molecule has 1 atom stereocenters. The minimum atomic E-state index is -0.585. The van der Waals surface area contributed by atoms with Crippen molar-refractivity contribution in [3.63, 3.8) is 0 Å². The summed E-state index contributed by atoms with van der Waals surface area (Å²) in [5.41, 5.74) is 1.64. The summed E-state index contributed by atoms with van der Waals surface area (Å²) in [4.78, 5) is 33.5. The van der Waals surface area contributed by atoms with Crippen LogP contribution in [0, 0.1) is 18.3 Å². The van der Waals surface area contributed by atoms with Gasteiger partial charge in [0.2, 0.25) is 0 Å². The van der Waals surface area contributed by atoms with Crippen molar-refractivity contribution < 1.29 is 9.32 Å². The molecule has 178 valence electrons. The Kier molecular flexibility index (Phi) is 7.28. The van der Waals surface area contributed by atoms with Crippen molar-refractivity contribution >= 4 is 28.6 Å². The molecule has 35 heavy (non-hydrogen) atoms. The molecule has 4 rings (SSSR count). The van der Waals surface area contributed by atoms with Crippen LogP contribution < -0.4 is 5.56 Å². The second-order valence-electron chi connectivity index (χ2n) is 8.13. The average molecular weight is 490 g/mol. The molecule has 0 N–H and O–H groups in total. The highest BCUT2D eigenvalue weighted by Gasteiger charge is 2.30. The van der Waals surface area contributed by atoms with Gasteiger partial charge in [-0.2, -0.15) is 10.2 Å². The van der Waals surface area contributed by atoms with Gasteiger partial charge in [0, 0.05) is 17.1 Å². The van der Waals surface area contributed by atoms with Crippen LogP contribution in [0.5, 0.6) is 0 Å². The molecular weight excluding hydrogens is 466 g/mol. The molecule has 8 nitrogen and oxygen atoms in total. The zero-order chi connectivity index (χ0) is 24.9. The standard InChI is InChI=1S/C26H24ClN5O3/c1-3-21(31(15-7-14-28)25(33)19-10-12-20(27)13-11-19)23-29-24-22(17(2)30-35-24)26(34)32(23)16-18-8-5-4-6-9-18/h4-6,8-13,21H,3,7,15-16H2,1-2H3. The maximum atomic E-state index is 13.6. The Morgan fingerprint density at radius 1 is 1.20 bits per heavy atom. The number of carbonyl (C=O) groups excluding carboxylic acids is 1. The molecular formula is C26H24ClN5O3. The van der Waals surface area contributed by atoms with E-state index in [1.165, 1.54) is 0 Å². The third-order valence-corrected chi connectivity index (χ3v) is 6.11. The number of benzene rings is 2. The van der Waals surface area contributed by atoms with Crippen LogP contribution in [-0.4, -0.2) is 32.1 Å². The van der Waals surface area contributed by atoms with Gasteiger partial charge in [0.25, 0.3) is 17.2 Å². The van der Waals surface area contributed by atoms with Gasteiger partial charge >= 0.3 is 0 Å². The van der Waals surface area contributed by atoms with Gasteiger partial charge in [-0.05, 0) is 43.2 Å². The number of carbonyl (C=O) groups is 1. The second-order valence-corrected chi connectivity index (χ2v) is 8.57. The Bertz CT molecular complexity index is 1440. The summed E-state index contributed by atoms with van der Waals surface area (Å²) in [5.74, 6) is 0.100. The Morgan fingerprint density at radius 3 is 2.57 bits per heavy atom. The van der Waals surface area contributed by atoms with Gasteiger partial charge in [0.05, 0.1) is 30.8 Å². The number of aromatic nitrogens is 3. The first-order chi connectivity index (χ1) is 16.9. The molecule has 0 saturated heterocycles. The van der Waals surface area contributed by atoms with E-state index in [1.54, 1.807) is 40.7 Å². The number of rotatable bonds is 8. The fourth-order valence-corrected chi connectivity index (χ4v) is 4.25. The number of hydrogen-bond acceptors (Lipinski definition) is 6. The van der Waals surface area contributed by atoms with Gasteiger partial charge in [-0.3, -0.25) is 14.2 Å². The maximum Gasteiger partial charge on any atom is 0.267 e. The quantitative estimate of drug-likeness (QED) is 0.348. The Morgan fingerprint density at radius 2 is 1.91 bits per heavy atom. The highest BCUT2D eigenvalue weighted by Crippen LogP contribution is 2.27. The first-order valence-electron chi connectivity index (χ1n) is 11.3. The Labute approximate surface area is 207 Å². The molecule has 1 amide bonds. The number of nitrogens with zero attached hydrogens (tertiary/aromatic N) is 5. The van der Waals surface area contributed by atoms with Crippen molar-refractivity contribution in [2.45, 2.75) is 39.3 Å².